The third-order valence-electron chi connectivity index (χ3n) is 5.34. The Hall–Kier alpha value is -2.44. The maximum absolute atomic E-state index is 12.7. The first-order valence-electron chi connectivity index (χ1n) is 9.63. The van der Waals surface area contributed by atoms with E-state index in [0.29, 0.717) is 25.3 Å². The Morgan fingerprint density at radius 1 is 1.37 bits per heavy atom. The number of aromatic nitrogens is 1. The van der Waals surface area contributed by atoms with E-state index in [1.807, 2.05) is 30.9 Å². The number of likely N-dealkylation sites (tertiary alicyclic amines) is 1. The fourth-order valence-electron chi connectivity index (χ4n) is 3.73. The summed E-state index contributed by atoms with van der Waals surface area (Å²) in [6.07, 6.45) is 7.27. The van der Waals surface area contributed by atoms with Crippen LogP contribution in [0.5, 0.6) is 0 Å². The number of pyridine rings is 1. The van der Waals surface area contributed by atoms with E-state index in [0.717, 1.165) is 43.6 Å². The van der Waals surface area contributed by atoms with E-state index in [2.05, 4.69) is 15.5 Å². The van der Waals surface area contributed by atoms with Crippen LogP contribution in [0.3, 0.4) is 0 Å². The van der Waals surface area contributed by atoms with Crippen molar-refractivity contribution in [3.8, 4) is 0 Å². The van der Waals surface area contributed by atoms with E-state index in [1.54, 1.807) is 12.4 Å². The second kappa shape index (κ2) is 8.50. The minimum absolute atomic E-state index is 0.0239. The molecule has 1 aromatic rings. The summed E-state index contributed by atoms with van der Waals surface area (Å²) in [5.41, 5.74) is 1.01. The van der Waals surface area contributed by atoms with Crippen LogP contribution >= 0.6 is 0 Å². The van der Waals surface area contributed by atoms with Crippen LogP contribution in [-0.2, 0) is 21.0 Å². The molecule has 7 heteroatoms. The van der Waals surface area contributed by atoms with Crippen molar-refractivity contribution in [2.45, 2.75) is 58.1 Å². The van der Waals surface area contributed by atoms with Gasteiger partial charge in [0.25, 0.3) is 5.91 Å². The number of carbonyl (C=O) groups excluding carboxylic acids is 2. The molecule has 1 saturated heterocycles. The Balaban J connectivity index is 1.36. The van der Waals surface area contributed by atoms with Crippen LogP contribution in [0, 0.1) is 5.92 Å². The summed E-state index contributed by atoms with van der Waals surface area (Å²) >= 11 is 0. The number of piperidine rings is 1. The van der Waals surface area contributed by atoms with Crippen molar-refractivity contribution >= 4 is 17.5 Å². The molecule has 1 N–H and O–H groups in total. The lowest BCUT2D eigenvalue weighted by atomic mass is 9.90. The molecular formula is C20H28N4O3. The van der Waals surface area contributed by atoms with Crippen LogP contribution in [0.2, 0.25) is 0 Å². The largest absolute Gasteiger partial charge is 0.379 e. The average molecular weight is 372 g/mol. The lowest BCUT2D eigenvalue weighted by molar-refractivity contribution is -0.154. The molecule has 3 rings (SSSR count). The van der Waals surface area contributed by atoms with Crippen LogP contribution in [0.4, 0.5) is 0 Å². The van der Waals surface area contributed by atoms with Crippen LogP contribution in [0.1, 0.15) is 51.5 Å². The lowest BCUT2D eigenvalue weighted by Crippen LogP contribution is -2.50. The van der Waals surface area contributed by atoms with Crippen molar-refractivity contribution in [2.75, 3.05) is 13.1 Å². The maximum atomic E-state index is 12.7. The minimum Gasteiger partial charge on any atom is -0.379 e. The highest BCUT2D eigenvalue weighted by Crippen LogP contribution is 2.29. The number of amides is 2. The SMILES string of the molecule is CC1=NOC(C)(C(=O)N2CCC(CCC(=O)NCc3cccnc3)CC2)C1. The highest BCUT2D eigenvalue weighted by molar-refractivity contribution is 5.94. The molecule has 1 atom stereocenters. The zero-order valence-corrected chi connectivity index (χ0v) is 16.1. The van der Waals surface area contributed by atoms with Gasteiger partial charge in [-0.25, -0.2) is 0 Å². The van der Waals surface area contributed by atoms with E-state index in [-0.39, 0.29) is 11.8 Å². The number of nitrogens with zero attached hydrogens (tertiary/aromatic N) is 3. The molecule has 2 amide bonds. The first kappa shape index (κ1) is 19.3. The molecule has 146 valence electrons. The van der Waals surface area contributed by atoms with Gasteiger partial charge in [-0.3, -0.25) is 14.6 Å². The summed E-state index contributed by atoms with van der Waals surface area (Å²) in [5.74, 6) is 0.570. The number of hydrogen-bond acceptors (Lipinski definition) is 5. The van der Waals surface area contributed by atoms with Crippen molar-refractivity contribution in [1.29, 1.82) is 0 Å². The summed E-state index contributed by atoms with van der Waals surface area (Å²) in [5, 5.41) is 6.87. The molecule has 27 heavy (non-hydrogen) atoms. The lowest BCUT2D eigenvalue weighted by Gasteiger charge is -2.35. The Bertz CT molecular complexity index is 698. The van der Waals surface area contributed by atoms with Crippen LogP contribution < -0.4 is 5.32 Å². The Morgan fingerprint density at radius 2 is 2.15 bits per heavy atom. The molecule has 0 radical (unpaired) electrons. The van der Waals surface area contributed by atoms with Crippen LogP contribution in [0.15, 0.2) is 29.7 Å². The normalized spacial score (nSPS) is 22.9. The number of oxime groups is 1. The number of nitrogens with one attached hydrogen (secondary N) is 1. The molecule has 0 aliphatic carbocycles. The predicted molar refractivity (Wildman–Crippen MR) is 102 cm³/mol. The van der Waals surface area contributed by atoms with Crippen molar-refractivity contribution < 1.29 is 14.4 Å². The van der Waals surface area contributed by atoms with Gasteiger partial charge in [-0.1, -0.05) is 11.2 Å². The van der Waals surface area contributed by atoms with Gasteiger partial charge in [0, 0.05) is 44.9 Å². The number of carbonyl (C=O) groups is 2. The summed E-state index contributed by atoms with van der Waals surface area (Å²) in [4.78, 5) is 36.1. The zero-order chi connectivity index (χ0) is 19.3. The molecule has 3 heterocycles. The fraction of sp³-hybridized carbons (Fsp3) is 0.600. The third kappa shape index (κ3) is 5.05. The van der Waals surface area contributed by atoms with Crippen LogP contribution in [0.25, 0.3) is 0 Å². The molecule has 2 aliphatic heterocycles. The molecule has 0 aromatic carbocycles. The molecule has 0 spiro atoms. The first-order chi connectivity index (χ1) is 13.0. The maximum Gasteiger partial charge on any atom is 0.269 e. The van der Waals surface area contributed by atoms with Crippen molar-refractivity contribution in [3.63, 3.8) is 0 Å². The van der Waals surface area contributed by atoms with Crippen molar-refractivity contribution in [1.82, 2.24) is 15.2 Å². The number of hydrogen-bond donors (Lipinski definition) is 1. The Labute approximate surface area is 160 Å². The van der Waals surface area contributed by atoms with Gasteiger partial charge in [0.15, 0.2) is 0 Å². The zero-order valence-electron chi connectivity index (χ0n) is 16.1. The quantitative estimate of drug-likeness (QED) is 0.830. The van der Waals surface area contributed by atoms with E-state index >= 15 is 0 Å². The van der Waals surface area contributed by atoms with Crippen LogP contribution in [-0.4, -0.2) is 46.1 Å². The molecule has 0 saturated carbocycles. The number of rotatable bonds is 6. The average Bonchev–Trinajstić information content (AvgIpc) is 3.05. The van der Waals surface area contributed by atoms with E-state index < -0.39 is 5.60 Å². The van der Waals surface area contributed by atoms with Gasteiger partial charge in [0.05, 0.1) is 5.71 Å². The Kier molecular flexibility index (Phi) is 6.08. The van der Waals surface area contributed by atoms with Crippen molar-refractivity contribution in [2.24, 2.45) is 11.1 Å². The smallest absolute Gasteiger partial charge is 0.269 e. The highest BCUT2D eigenvalue weighted by Gasteiger charge is 2.43. The third-order valence-corrected chi connectivity index (χ3v) is 5.34. The van der Waals surface area contributed by atoms with Gasteiger partial charge >= 0.3 is 0 Å². The van der Waals surface area contributed by atoms with E-state index in [9.17, 15) is 9.59 Å². The molecular weight excluding hydrogens is 344 g/mol. The van der Waals surface area contributed by atoms with Crippen molar-refractivity contribution in [3.05, 3.63) is 30.1 Å². The highest BCUT2D eigenvalue weighted by atomic mass is 16.7. The second-order valence-electron chi connectivity index (χ2n) is 7.74. The van der Waals surface area contributed by atoms with Gasteiger partial charge in [0.1, 0.15) is 0 Å². The molecule has 7 nitrogen and oxygen atoms in total. The predicted octanol–water partition coefficient (Wildman–Crippen LogP) is 2.27. The summed E-state index contributed by atoms with van der Waals surface area (Å²) in [6, 6.07) is 3.81. The summed E-state index contributed by atoms with van der Waals surface area (Å²) in [7, 11) is 0. The molecule has 0 bridgehead atoms. The topological polar surface area (TPSA) is 83.9 Å². The fourth-order valence-corrected chi connectivity index (χ4v) is 3.73. The van der Waals surface area contributed by atoms with Gasteiger partial charge in [-0.15, -0.1) is 0 Å². The standard InChI is InChI=1S/C20H28N4O3/c1-15-12-20(2,27-23-15)19(26)24-10-7-16(8-11-24)5-6-18(25)22-14-17-4-3-9-21-13-17/h3-4,9,13,16H,5-8,10-12,14H2,1-2H3,(H,22,25). The van der Waals surface area contributed by atoms with Gasteiger partial charge in [0.2, 0.25) is 11.5 Å². The molecule has 1 aromatic heterocycles. The van der Waals surface area contributed by atoms with Gasteiger partial charge in [-0.2, -0.15) is 0 Å². The summed E-state index contributed by atoms with van der Waals surface area (Å²) < 4.78 is 0. The second-order valence-corrected chi connectivity index (χ2v) is 7.74. The minimum atomic E-state index is -0.844. The molecule has 2 aliphatic rings. The molecule has 1 fully saturated rings. The monoisotopic (exact) mass is 372 g/mol. The Morgan fingerprint density at radius 3 is 2.78 bits per heavy atom. The van der Waals surface area contributed by atoms with Gasteiger partial charge in [-0.05, 0) is 50.7 Å². The first-order valence-corrected chi connectivity index (χ1v) is 9.63. The van der Waals surface area contributed by atoms with Gasteiger partial charge < -0.3 is 15.1 Å². The summed E-state index contributed by atoms with van der Waals surface area (Å²) in [6.45, 7) is 5.65. The van der Waals surface area contributed by atoms with E-state index in [4.69, 9.17) is 4.84 Å². The van der Waals surface area contributed by atoms with E-state index in [1.165, 1.54) is 0 Å². The molecule has 1 unspecified atom stereocenters.